The topological polar surface area (TPSA) is 69.6 Å². The van der Waals surface area contributed by atoms with E-state index < -0.39 is 12.1 Å². The summed E-state index contributed by atoms with van der Waals surface area (Å²) in [6.45, 7) is 6.89. The molecule has 2 atom stereocenters. The highest BCUT2D eigenvalue weighted by atomic mass is 35.5. The second-order valence-corrected chi connectivity index (χ2v) is 9.85. The number of rotatable bonds is 10. The minimum Gasteiger partial charge on any atom is -0.478 e. The SMILES string of the molecule is CC(C)Sc1cc(-c2ccc(CCN[C@@H](C)[C@@H](O)c3ccccc3)cc2)ccc1C(=O)O.Cl. The second-order valence-electron chi connectivity index (χ2n) is 8.23. The summed E-state index contributed by atoms with van der Waals surface area (Å²) in [5.74, 6) is -0.894. The first-order valence-electron chi connectivity index (χ1n) is 10.9. The number of carboxylic acids is 1. The third-order valence-corrected chi connectivity index (χ3v) is 6.42. The number of thioether (sulfide) groups is 1. The van der Waals surface area contributed by atoms with Gasteiger partial charge in [0.15, 0.2) is 0 Å². The molecule has 0 heterocycles. The molecule has 3 N–H and O–H groups in total. The molecule has 0 fully saturated rings. The molecule has 0 aromatic heterocycles. The van der Waals surface area contributed by atoms with E-state index in [1.807, 2.05) is 49.4 Å². The zero-order chi connectivity index (χ0) is 23.1. The van der Waals surface area contributed by atoms with Crippen molar-refractivity contribution in [3.05, 3.63) is 89.5 Å². The molecule has 0 aliphatic carbocycles. The Morgan fingerprint density at radius 1 is 0.939 bits per heavy atom. The Kier molecular flexibility index (Phi) is 10.5. The molecule has 0 aliphatic rings. The number of halogens is 1. The van der Waals surface area contributed by atoms with Gasteiger partial charge in [-0.25, -0.2) is 4.79 Å². The van der Waals surface area contributed by atoms with Crippen molar-refractivity contribution in [3.63, 3.8) is 0 Å². The van der Waals surface area contributed by atoms with Crippen molar-refractivity contribution in [2.45, 2.75) is 49.5 Å². The van der Waals surface area contributed by atoms with E-state index in [1.165, 1.54) is 5.56 Å². The highest BCUT2D eigenvalue weighted by molar-refractivity contribution is 8.00. The van der Waals surface area contributed by atoms with Gasteiger partial charge in [0.2, 0.25) is 0 Å². The fourth-order valence-corrected chi connectivity index (χ4v) is 4.57. The van der Waals surface area contributed by atoms with E-state index in [0.717, 1.165) is 34.6 Å². The summed E-state index contributed by atoms with van der Waals surface area (Å²) < 4.78 is 0. The Morgan fingerprint density at radius 3 is 2.18 bits per heavy atom. The Bertz CT molecular complexity index is 1030. The van der Waals surface area contributed by atoms with Gasteiger partial charge in [0.05, 0.1) is 11.7 Å². The van der Waals surface area contributed by atoms with Gasteiger partial charge in [-0.1, -0.05) is 74.5 Å². The Morgan fingerprint density at radius 2 is 1.58 bits per heavy atom. The molecule has 0 radical (unpaired) electrons. The van der Waals surface area contributed by atoms with Gasteiger partial charge in [0.25, 0.3) is 0 Å². The predicted molar refractivity (Wildman–Crippen MR) is 140 cm³/mol. The Hall–Kier alpha value is -2.31. The zero-order valence-electron chi connectivity index (χ0n) is 19.2. The molecular weight excluding hydrogens is 454 g/mol. The van der Waals surface area contributed by atoms with Crippen LogP contribution in [0.2, 0.25) is 0 Å². The first-order chi connectivity index (χ1) is 15.3. The predicted octanol–water partition coefficient (Wildman–Crippen LogP) is 6.23. The Balaban J connectivity index is 0.00000385. The zero-order valence-corrected chi connectivity index (χ0v) is 20.8. The number of benzene rings is 3. The van der Waals surface area contributed by atoms with Crippen LogP contribution in [0.15, 0.2) is 77.7 Å². The van der Waals surface area contributed by atoms with Gasteiger partial charge in [-0.05, 0) is 54.3 Å². The van der Waals surface area contributed by atoms with Crippen LogP contribution in [-0.4, -0.2) is 34.0 Å². The lowest BCUT2D eigenvalue weighted by Crippen LogP contribution is -2.33. The van der Waals surface area contributed by atoms with Crippen molar-refractivity contribution in [2.24, 2.45) is 0 Å². The molecule has 176 valence electrons. The lowest BCUT2D eigenvalue weighted by atomic mass is 10.0. The number of aliphatic hydroxyl groups excluding tert-OH is 1. The van der Waals surface area contributed by atoms with Crippen LogP contribution in [0.25, 0.3) is 11.1 Å². The number of aromatic carboxylic acids is 1. The smallest absolute Gasteiger partial charge is 0.336 e. The van der Waals surface area contributed by atoms with E-state index >= 15 is 0 Å². The van der Waals surface area contributed by atoms with Gasteiger partial charge in [-0.2, -0.15) is 0 Å². The van der Waals surface area contributed by atoms with E-state index in [2.05, 4.69) is 43.4 Å². The van der Waals surface area contributed by atoms with Crippen LogP contribution in [0.4, 0.5) is 0 Å². The van der Waals surface area contributed by atoms with Crippen molar-refractivity contribution >= 4 is 30.1 Å². The first-order valence-corrected chi connectivity index (χ1v) is 11.8. The third-order valence-electron chi connectivity index (χ3n) is 5.36. The van der Waals surface area contributed by atoms with Gasteiger partial charge < -0.3 is 15.5 Å². The number of hydrogen-bond donors (Lipinski definition) is 3. The van der Waals surface area contributed by atoms with Crippen molar-refractivity contribution in [1.29, 1.82) is 0 Å². The Labute approximate surface area is 206 Å². The molecule has 0 aliphatic heterocycles. The van der Waals surface area contributed by atoms with Gasteiger partial charge in [0, 0.05) is 16.2 Å². The molecule has 3 aromatic carbocycles. The molecule has 0 saturated heterocycles. The van der Waals surface area contributed by atoms with Crippen LogP contribution >= 0.6 is 24.2 Å². The van der Waals surface area contributed by atoms with Crippen LogP contribution in [-0.2, 0) is 6.42 Å². The number of nitrogens with one attached hydrogen (secondary N) is 1. The molecule has 3 rings (SSSR count). The summed E-state index contributed by atoms with van der Waals surface area (Å²) in [5, 5.41) is 23.7. The number of aliphatic hydroxyl groups is 1. The van der Waals surface area contributed by atoms with E-state index in [9.17, 15) is 15.0 Å². The van der Waals surface area contributed by atoms with Crippen molar-refractivity contribution < 1.29 is 15.0 Å². The average Bonchev–Trinajstić information content (AvgIpc) is 2.79. The fourth-order valence-electron chi connectivity index (χ4n) is 3.59. The number of carboxylic acid groups (broad SMARTS) is 1. The molecule has 0 unspecified atom stereocenters. The highest BCUT2D eigenvalue weighted by Gasteiger charge is 2.15. The summed E-state index contributed by atoms with van der Waals surface area (Å²) in [6.07, 6.45) is 0.323. The van der Waals surface area contributed by atoms with Gasteiger partial charge in [-0.3, -0.25) is 0 Å². The van der Waals surface area contributed by atoms with Crippen LogP contribution in [0, 0.1) is 0 Å². The van der Waals surface area contributed by atoms with Crippen LogP contribution < -0.4 is 5.32 Å². The van der Waals surface area contributed by atoms with Gasteiger partial charge >= 0.3 is 5.97 Å². The van der Waals surface area contributed by atoms with Crippen molar-refractivity contribution in [1.82, 2.24) is 5.32 Å². The fraction of sp³-hybridized carbons (Fsp3) is 0.296. The van der Waals surface area contributed by atoms with E-state index in [0.29, 0.717) is 10.8 Å². The largest absolute Gasteiger partial charge is 0.478 e. The van der Waals surface area contributed by atoms with E-state index in [-0.39, 0.29) is 18.4 Å². The highest BCUT2D eigenvalue weighted by Crippen LogP contribution is 2.31. The lowest BCUT2D eigenvalue weighted by molar-refractivity contribution is 0.0693. The average molecular weight is 486 g/mol. The molecule has 0 saturated carbocycles. The van der Waals surface area contributed by atoms with Crippen molar-refractivity contribution in [3.8, 4) is 11.1 Å². The minimum absolute atomic E-state index is 0. The van der Waals surface area contributed by atoms with Crippen LogP contribution in [0.1, 0.15) is 48.4 Å². The molecule has 4 nitrogen and oxygen atoms in total. The summed E-state index contributed by atoms with van der Waals surface area (Å²) in [7, 11) is 0. The summed E-state index contributed by atoms with van der Waals surface area (Å²) in [5.41, 5.74) is 4.56. The van der Waals surface area contributed by atoms with Crippen molar-refractivity contribution in [2.75, 3.05) is 6.54 Å². The molecule has 0 amide bonds. The van der Waals surface area contributed by atoms with E-state index in [1.54, 1.807) is 17.8 Å². The van der Waals surface area contributed by atoms with Gasteiger partial charge in [0.1, 0.15) is 0 Å². The maximum Gasteiger partial charge on any atom is 0.336 e. The van der Waals surface area contributed by atoms with Gasteiger partial charge in [-0.15, -0.1) is 24.2 Å². The molecule has 33 heavy (non-hydrogen) atoms. The lowest BCUT2D eigenvalue weighted by Gasteiger charge is -2.20. The maximum absolute atomic E-state index is 11.5. The monoisotopic (exact) mass is 485 g/mol. The minimum atomic E-state index is -0.894. The number of hydrogen-bond acceptors (Lipinski definition) is 4. The molecular formula is C27H32ClNO3S. The third kappa shape index (κ3) is 7.61. The molecule has 0 bridgehead atoms. The first kappa shape index (κ1) is 26.9. The van der Waals surface area contributed by atoms with E-state index in [4.69, 9.17) is 0 Å². The standard InChI is InChI=1S/C27H31NO3S.ClH/c1-18(2)32-25-17-23(13-14-24(25)27(30)31)21-11-9-20(10-12-21)15-16-28-19(3)26(29)22-7-5-4-6-8-22;/h4-14,17-19,26,28-29H,15-16H2,1-3H3,(H,30,31);1H/t19-,26+;/m0./s1. The van der Waals surface area contributed by atoms with Crippen LogP contribution in [0.5, 0.6) is 0 Å². The summed E-state index contributed by atoms with van der Waals surface area (Å²) in [6, 6.07) is 23.6. The van der Waals surface area contributed by atoms with Crippen LogP contribution in [0.3, 0.4) is 0 Å². The summed E-state index contributed by atoms with van der Waals surface area (Å²) >= 11 is 1.57. The normalized spacial score (nSPS) is 12.8. The number of carbonyl (C=O) groups is 1. The molecule has 0 spiro atoms. The molecule has 3 aromatic rings. The summed E-state index contributed by atoms with van der Waals surface area (Å²) in [4.78, 5) is 12.3. The molecule has 6 heteroatoms. The quantitative estimate of drug-likeness (QED) is 0.297. The second kappa shape index (κ2) is 12.8. The maximum atomic E-state index is 11.5.